The number of rotatable bonds is 7. The van der Waals surface area contributed by atoms with E-state index >= 15 is 0 Å². The van der Waals surface area contributed by atoms with E-state index in [0.29, 0.717) is 17.9 Å². The zero-order chi connectivity index (χ0) is 12.7. The lowest BCUT2D eigenvalue weighted by molar-refractivity contribution is 0.101. The van der Waals surface area contributed by atoms with Crippen LogP contribution in [-0.4, -0.2) is 12.4 Å². The highest BCUT2D eigenvalue weighted by atomic mass is 19.1. The van der Waals surface area contributed by atoms with E-state index in [2.05, 4.69) is 6.92 Å². The third-order valence-corrected chi connectivity index (χ3v) is 2.58. The number of benzene rings is 1. The zero-order valence-electron chi connectivity index (χ0n) is 10.5. The summed E-state index contributed by atoms with van der Waals surface area (Å²) < 4.78 is 18.5. The molecule has 0 saturated carbocycles. The first-order valence-corrected chi connectivity index (χ1v) is 6.08. The standard InChI is InChI=1S/C14H19FO2/c1-3-4-5-6-9-17-14-8-7-12(15)10-13(14)11(2)16/h7-8,10H,3-6,9H2,1-2H3. The molecule has 0 bridgehead atoms. The lowest BCUT2D eigenvalue weighted by atomic mass is 10.1. The minimum atomic E-state index is -0.409. The van der Waals surface area contributed by atoms with Crippen LogP contribution >= 0.6 is 0 Å². The topological polar surface area (TPSA) is 26.3 Å². The Morgan fingerprint density at radius 2 is 2.06 bits per heavy atom. The third kappa shape index (κ3) is 4.55. The lowest BCUT2D eigenvalue weighted by Gasteiger charge is -2.09. The van der Waals surface area contributed by atoms with Gasteiger partial charge < -0.3 is 4.74 Å². The number of ether oxygens (including phenoxy) is 1. The molecule has 1 aromatic rings. The van der Waals surface area contributed by atoms with E-state index in [0.717, 1.165) is 12.8 Å². The molecule has 0 aliphatic heterocycles. The van der Waals surface area contributed by atoms with E-state index in [1.54, 1.807) is 0 Å². The van der Waals surface area contributed by atoms with Gasteiger partial charge in [-0.05, 0) is 31.5 Å². The van der Waals surface area contributed by atoms with E-state index in [4.69, 9.17) is 4.74 Å². The summed E-state index contributed by atoms with van der Waals surface area (Å²) >= 11 is 0. The minimum Gasteiger partial charge on any atom is -0.493 e. The summed E-state index contributed by atoms with van der Waals surface area (Å²) in [6, 6.07) is 4.06. The van der Waals surface area contributed by atoms with Gasteiger partial charge in [0, 0.05) is 0 Å². The molecule has 0 spiro atoms. The molecule has 0 fully saturated rings. The number of Topliss-reactive ketones (excluding diaryl/α,β-unsaturated/α-hetero) is 1. The molecule has 0 N–H and O–H groups in total. The molecule has 0 aliphatic carbocycles. The molecule has 0 radical (unpaired) electrons. The highest BCUT2D eigenvalue weighted by Gasteiger charge is 2.09. The van der Waals surface area contributed by atoms with Crippen molar-refractivity contribution in [3.63, 3.8) is 0 Å². The predicted octanol–water partition coefficient (Wildman–Crippen LogP) is 3.99. The van der Waals surface area contributed by atoms with Gasteiger partial charge >= 0.3 is 0 Å². The molecule has 1 aromatic carbocycles. The molecule has 0 amide bonds. The van der Waals surface area contributed by atoms with Gasteiger partial charge in [0.15, 0.2) is 5.78 Å². The molecule has 17 heavy (non-hydrogen) atoms. The van der Waals surface area contributed by atoms with Crippen LogP contribution in [0.3, 0.4) is 0 Å². The summed E-state index contributed by atoms with van der Waals surface area (Å²) in [6.07, 6.45) is 4.44. The van der Waals surface area contributed by atoms with Crippen molar-refractivity contribution in [1.29, 1.82) is 0 Å². The van der Waals surface area contributed by atoms with Crippen molar-refractivity contribution < 1.29 is 13.9 Å². The van der Waals surface area contributed by atoms with Crippen LogP contribution in [0.15, 0.2) is 18.2 Å². The molecule has 0 aliphatic rings. The fourth-order valence-corrected chi connectivity index (χ4v) is 1.61. The average Bonchev–Trinajstić information content (AvgIpc) is 2.30. The molecule has 0 aromatic heterocycles. The Hall–Kier alpha value is -1.38. The molecule has 3 heteroatoms. The Morgan fingerprint density at radius 1 is 1.29 bits per heavy atom. The van der Waals surface area contributed by atoms with Gasteiger partial charge in [-0.15, -0.1) is 0 Å². The second-order valence-electron chi connectivity index (χ2n) is 4.11. The number of hydrogen-bond donors (Lipinski definition) is 0. The Balaban J connectivity index is 2.55. The monoisotopic (exact) mass is 238 g/mol. The smallest absolute Gasteiger partial charge is 0.163 e. The van der Waals surface area contributed by atoms with Crippen LogP contribution in [0, 0.1) is 5.82 Å². The second kappa shape index (κ2) is 7.05. The maximum Gasteiger partial charge on any atom is 0.163 e. The summed E-state index contributed by atoms with van der Waals surface area (Å²) in [4.78, 5) is 11.3. The second-order valence-corrected chi connectivity index (χ2v) is 4.11. The molecule has 0 unspecified atom stereocenters. The molecular weight excluding hydrogens is 219 g/mol. The van der Waals surface area contributed by atoms with Crippen LogP contribution in [0.25, 0.3) is 0 Å². The summed E-state index contributed by atoms with van der Waals surface area (Å²) in [5, 5.41) is 0. The molecule has 0 saturated heterocycles. The first kappa shape index (κ1) is 13.7. The normalized spacial score (nSPS) is 10.3. The SMILES string of the molecule is CCCCCCOc1ccc(F)cc1C(C)=O. The van der Waals surface area contributed by atoms with Crippen LogP contribution in [-0.2, 0) is 0 Å². The van der Waals surface area contributed by atoms with Crippen molar-refractivity contribution >= 4 is 5.78 Å². The summed E-state index contributed by atoms with van der Waals surface area (Å²) in [5.74, 6) is -0.100. The van der Waals surface area contributed by atoms with Gasteiger partial charge in [-0.3, -0.25) is 4.79 Å². The number of unbranched alkanes of at least 4 members (excludes halogenated alkanes) is 3. The third-order valence-electron chi connectivity index (χ3n) is 2.58. The first-order chi connectivity index (χ1) is 8.15. The fourth-order valence-electron chi connectivity index (χ4n) is 1.61. The van der Waals surface area contributed by atoms with E-state index in [1.807, 2.05) is 0 Å². The van der Waals surface area contributed by atoms with Crippen LogP contribution in [0.2, 0.25) is 0 Å². The Labute approximate surface area is 102 Å². The van der Waals surface area contributed by atoms with Crippen LogP contribution < -0.4 is 4.74 Å². The van der Waals surface area contributed by atoms with E-state index in [1.165, 1.54) is 38.0 Å². The van der Waals surface area contributed by atoms with Crippen molar-refractivity contribution in [2.24, 2.45) is 0 Å². The van der Waals surface area contributed by atoms with Crippen LogP contribution in [0.5, 0.6) is 5.75 Å². The molecule has 1 rings (SSSR count). The number of halogens is 1. The number of carbonyl (C=O) groups excluding carboxylic acids is 1. The first-order valence-electron chi connectivity index (χ1n) is 6.08. The summed E-state index contributed by atoms with van der Waals surface area (Å²) in [7, 11) is 0. The summed E-state index contributed by atoms with van der Waals surface area (Å²) in [5.41, 5.74) is 0.320. The Bertz CT molecular complexity index is 374. The molecule has 0 heterocycles. The number of carbonyl (C=O) groups is 1. The number of hydrogen-bond acceptors (Lipinski definition) is 2. The molecule has 94 valence electrons. The molecular formula is C14H19FO2. The van der Waals surface area contributed by atoms with E-state index in [9.17, 15) is 9.18 Å². The largest absolute Gasteiger partial charge is 0.493 e. The van der Waals surface area contributed by atoms with E-state index in [-0.39, 0.29) is 5.78 Å². The van der Waals surface area contributed by atoms with Gasteiger partial charge in [0.25, 0.3) is 0 Å². The Morgan fingerprint density at radius 3 is 2.71 bits per heavy atom. The van der Waals surface area contributed by atoms with Crippen molar-refractivity contribution in [3.05, 3.63) is 29.6 Å². The van der Waals surface area contributed by atoms with Crippen molar-refractivity contribution in [1.82, 2.24) is 0 Å². The maximum absolute atomic E-state index is 13.0. The van der Waals surface area contributed by atoms with Gasteiger partial charge in [0.2, 0.25) is 0 Å². The van der Waals surface area contributed by atoms with Crippen molar-refractivity contribution in [3.8, 4) is 5.75 Å². The van der Waals surface area contributed by atoms with Crippen LogP contribution in [0.4, 0.5) is 4.39 Å². The van der Waals surface area contributed by atoms with E-state index < -0.39 is 5.82 Å². The Kier molecular flexibility index (Phi) is 5.67. The average molecular weight is 238 g/mol. The summed E-state index contributed by atoms with van der Waals surface area (Å²) in [6.45, 7) is 4.14. The van der Waals surface area contributed by atoms with Gasteiger partial charge in [-0.25, -0.2) is 4.39 Å². The highest BCUT2D eigenvalue weighted by molar-refractivity contribution is 5.96. The predicted molar refractivity (Wildman–Crippen MR) is 66.0 cm³/mol. The van der Waals surface area contributed by atoms with Crippen LogP contribution in [0.1, 0.15) is 49.9 Å². The van der Waals surface area contributed by atoms with Crippen molar-refractivity contribution in [2.75, 3.05) is 6.61 Å². The van der Waals surface area contributed by atoms with Gasteiger partial charge in [-0.1, -0.05) is 26.2 Å². The van der Waals surface area contributed by atoms with Gasteiger partial charge in [0.1, 0.15) is 11.6 Å². The van der Waals surface area contributed by atoms with Gasteiger partial charge in [0.05, 0.1) is 12.2 Å². The van der Waals surface area contributed by atoms with Crippen molar-refractivity contribution in [2.45, 2.75) is 39.5 Å². The fraction of sp³-hybridized carbons (Fsp3) is 0.500. The molecule has 2 nitrogen and oxygen atoms in total. The minimum absolute atomic E-state index is 0.173. The molecule has 0 atom stereocenters. The highest BCUT2D eigenvalue weighted by Crippen LogP contribution is 2.20. The number of ketones is 1. The maximum atomic E-state index is 13.0. The van der Waals surface area contributed by atoms with Gasteiger partial charge in [-0.2, -0.15) is 0 Å². The quantitative estimate of drug-likeness (QED) is 0.530. The zero-order valence-corrected chi connectivity index (χ0v) is 10.5. The lowest BCUT2D eigenvalue weighted by Crippen LogP contribution is -2.03.